The van der Waals surface area contributed by atoms with Gasteiger partial charge in [-0.25, -0.2) is 4.79 Å². The van der Waals surface area contributed by atoms with Crippen molar-refractivity contribution in [1.29, 1.82) is 0 Å². The molecule has 2 aliphatic carbocycles. The third kappa shape index (κ3) is 2.85. The zero-order chi connectivity index (χ0) is 18.6. The summed E-state index contributed by atoms with van der Waals surface area (Å²) in [4.78, 5) is 12.2. The van der Waals surface area contributed by atoms with Crippen LogP contribution < -0.4 is 10.6 Å². The number of urea groups is 1. The number of nitrogens with one attached hydrogen (secondary N) is 3. The molecule has 2 saturated carbocycles. The SMILES string of the molecule is O=C(Nc1ccccc1)N[C@@H]1[C@@H]2C[C@@](O)(c3cc(Cl)cc4[nH]ncc34)C[C@@H]21. The van der Waals surface area contributed by atoms with Crippen LogP contribution in [0, 0.1) is 11.8 Å². The first-order valence-electron chi connectivity index (χ1n) is 9.01. The smallest absolute Gasteiger partial charge is 0.319 e. The maximum atomic E-state index is 12.2. The average Bonchev–Trinajstić information content (AvgIpc) is 3.02. The van der Waals surface area contributed by atoms with Crippen LogP contribution in [0.25, 0.3) is 10.9 Å². The zero-order valence-corrected chi connectivity index (χ0v) is 15.2. The quantitative estimate of drug-likeness (QED) is 0.557. The number of hydrogen-bond donors (Lipinski definition) is 4. The van der Waals surface area contributed by atoms with Gasteiger partial charge in [-0.1, -0.05) is 29.8 Å². The molecule has 3 aromatic rings. The van der Waals surface area contributed by atoms with Gasteiger partial charge < -0.3 is 15.7 Å². The second-order valence-corrected chi connectivity index (χ2v) is 7.98. The predicted octanol–water partition coefficient (Wildman–Crippen LogP) is 3.63. The molecule has 0 unspecified atom stereocenters. The lowest BCUT2D eigenvalue weighted by Gasteiger charge is -2.27. The van der Waals surface area contributed by atoms with E-state index in [2.05, 4.69) is 20.8 Å². The summed E-state index contributed by atoms with van der Waals surface area (Å²) in [5.74, 6) is 0.551. The number of rotatable bonds is 3. The van der Waals surface area contributed by atoms with E-state index in [0.717, 1.165) is 22.2 Å². The molecule has 4 N–H and O–H groups in total. The van der Waals surface area contributed by atoms with Crippen LogP contribution in [0.4, 0.5) is 10.5 Å². The third-order valence-electron chi connectivity index (χ3n) is 5.83. The number of aromatic amines is 1. The average molecular weight is 383 g/mol. The first-order valence-corrected chi connectivity index (χ1v) is 9.39. The fourth-order valence-corrected chi connectivity index (χ4v) is 4.76. The molecule has 2 fully saturated rings. The molecule has 4 atom stereocenters. The Bertz CT molecular complexity index is 1010. The van der Waals surface area contributed by atoms with Gasteiger partial charge in [-0.2, -0.15) is 5.10 Å². The van der Waals surface area contributed by atoms with Crippen molar-refractivity contribution in [3.63, 3.8) is 0 Å². The van der Waals surface area contributed by atoms with Gasteiger partial charge in [0.25, 0.3) is 0 Å². The fraction of sp³-hybridized carbons (Fsp3) is 0.300. The number of aromatic nitrogens is 2. The molecule has 138 valence electrons. The van der Waals surface area contributed by atoms with Gasteiger partial charge in [0.2, 0.25) is 0 Å². The van der Waals surface area contributed by atoms with E-state index < -0.39 is 5.60 Å². The second-order valence-electron chi connectivity index (χ2n) is 7.54. The van der Waals surface area contributed by atoms with Crippen LogP contribution in [0.15, 0.2) is 48.7 Å². The van der Waals surface area contributed by atoms with E-state index in [4.69, 9.17) is 11.6 Å². The van der Waals surface area contributed by atoms with E-state index in [0.29, 0.717) is 17.9 Å². The molecule has 0 radical (unpaired) electrons. The Balaban J connectivity index is 1.27. The molecule has 2 amide bonds. The second kappa shape index (κ2) is 5.97. The fourth-order valence-electron chi connectivity index (χ4n) is 4.54. The Morgan fingerprint density at radius 2 is 1.96 bits per heavy atom. The van der Waals surface area contributed by atoms with Crippen molar-refractivity contribution in [2.45, 2.75) is 24.5 Å². The maximum Gasteiger partial charge on any atom is 0.319 e. The van der Waals surface area contributed by atoms with Crippen molar-refractivity contribution in [3.8, 4) is 0 Å². The summed E-state index contributed by atoms with van der Waals surface area (Å²) in [7, 11) is 0. The van der Waals surface area contributed by atoms with Gasteiger partial charge in [-0.3, -0.25) is 5.10 Å². The minimum absolute atomic E-state index is 0.105. The number of nitrogens with zero attached hydrogens (tertiary/aromatic N) is 1. The minimum atomic E-state index is -0.934. The van der Waals surface area contributed by atoms with Crippen LogP contribution in [-0.4, -0.2) is 27.4 Å². The van der Waals surface area contributed by atoms with Crippen molar-refractivity contribution >= 4 is 34.2 Å². The largest absolute Gasteiger partial charge is 0.385 e. The van der Waals surface area contributed by atoms with Gasteiger partial charge in [0.1, 0.15) is 0 Å². The minimum Gasteiger partial charge on any atom is -0.385 e. The molecule has 0 aliphatic heterocycles. The summed E-state index contributed by atoms with van der Waals surface area (Å²) in [5.41, 5.74) is 1.47. The van der Waals surface area contributed by atoms with Crippen molar-refractivity contribution < 1.29 is 9.90 Å². The van der Waals surface area contributed by atoms with Crippen LogP contribution in [0.1, 0.15) is 18.4 Å². The number of amides is 2. The molecule has 0 spiro atoms. The molecule has 0 bridgehead atoms. The molecule has 0 saturated heterocycles. The molecule has 2 aromatic carbocycles. The normalized spacial score (nSPS) is 28.7. The highest BCUT2D eigenvalue weighted by Crippen LogP contribution is 2.60. The summed E-state index contributed by atoms with van der Waals surface area (Å²) in [5, 5.41) is 25.6. The Hall–Kier alpha value is -2.57. The Kier molecular flexibility index (Phi) is 3.67. The van der Waals surface area contributed by atoms with Gasteiger partial charge in [0.15, 0.2) is 0 Å². The molecule has 2 aliphatic rings. The predicted molar refractivity (Wildman–Crippen MR) is 104 cm³/mol. The maximum absolute atomic E-state index is 12.2. The van der Waals surface area contributed by atoms with Crippen LogP contribution in [-0.2, 0) is 5.60 Å². The van der Waals surface area contributed by atoms with Crippen molar-refractivity contribution in [3.05, 3.63) is 59.2 Å². The van der Waals surface area contributed by atoms with E-state index in [1.165, 1.54) is 0 Å². The lowest BCUT2D eigenvalue weighted by atomic mass is 9.86. The van der Waals surface area contributed by atoms with Crippen molar-refractivity contribution in [1.82, 2.24) is 15.5 Å². The van der Waals surface area contributed by atoms with E-state index in [1.54, 1.807) is 6.20 Å². The van der Waals surface area contributed by atoms with Crippen LogP contribution >= 0.6 is 11.6 Å². The third-order valence-corrected chi connectivity index (χ3v) is 6.05. The number of anilines is 1. The number of fused-ring (bicyclic) bond motifs is 2. The molecular weight excluding hydrogens is 364 g/mol. The Morgan fingerprint density at radius 1 is 1.22 bits per heavy atom. The molecule has 1 heterocycles. The van der Waals surface area contributed by atoms with Crippen LogP contribution in [0.5, 0.6) is 0 Å². The van der Waals surface area contributed by atoms with Crippen molar-refractivity contribution in [2.24, 2.45) is 11.8 Å². The van der Waals surface area contributed by atoms with E-state index in [1.807, 2.05) is 42.5 Å². The Labute approximate surface area is 160 Å². The summed E-state index contributed by atoms with van der Waals surface area (Å²) >= 11 is 6.22. The summed E-state index contributed by atoms with van der Waals surface area (Å²) in [6, 6.07) is 12.9. The number of H-pyrrole nitrogens is 1. The summed E-state index contributed by atoms with van der Waals surface area (Å²) < 4.78 is 0. The number of benzene rings is 2. The first-order chi connectivity index (χ1) is 13.0. The lowest BCUT2D eigenvalue weighted by molar-refractivity contribution is 0.0300. The zero-order valence-electron chi connectivity index (χ0n) is 14.4. The lowest BCUT2D eigenvalue weighted by Crippen LogP contribution is -2.36. The molecule has 1 aromatic heterocycles. The highest BCUT2D eigenvalue weighted by molar-refractivity contribution is 6.31. The van der Waals surface area contributed by atoms with E-state index in [-0.39, 0.29) is 23.9 Å². The van der Waals surface area contributed by atoms with Crippen LogP contribution in [0.2, 0.25) is 5.02 Å². The van der Waals surface area contributed by atoms with Gasteiger partial charge in [-0.15, -0.1) is 0 Å². The highest BCUT2D eigenvalue weighted by Gasteiger charge is 2.62. The molecule has 5 rings (SSSR count). The summed E-state index contributed by atoms with van der Waals surface area (Å²) in [6.45, 7) is 0. The first kappa shape index (κ1) is 16.6. The topological polar surface area (TPSA) is 90.0 Å². The van der Waals surface area contributed by atoms with E-state index >= 15 is 0 Å². The molecule has 6 nitrogen and oxygen atoms in total. The molecule has 7 heteroatoms. The summed E-state index contributed by atoms with van der Waals surface area (Å²) in [6.07, 6.45) is 2.94. The monoisotopic (exact) mass is 382 g/mol. The number of aliphatic hydroxyl groups is 1. The highest BCUT2D eigenvalue weighted by atomic mass is 35.5. The van der Waals surface area contributed by atoms with Gasteiger partial charge in [-0.05, 0) is 54.5 Å². The number of para-hydroxylation sites is 1. The standard InChI is InChI=1S/C20H19ClN4O2/c21-11-6-16(15-10-22-25-17(15)7-11)20(27)8-13-14(9-20)18(13)24-19(26)23-12-4-2-1-3-5-12/h1-7,10,13-14,18,27H,8-9H2,(H,22,25)(H2,23,24,26)/t13-,14+,18-,20+. The van der Waals surface area contributed by atoms with Gasteiger partial charge in [0, 0.05) is 22.1 Å². The van der Waals surface area contributed by atoms with E-state index in [9.17, 15) is 9.90 Å². The number of halogens is 1. The van der Waals surface area contributed by atoms with Crippen LogP contribution in [0.3, 0.4) is 0 Å². The van der Waals surface area contributed by atoms with Gasteiger partial charge >= 0.3 is 6.03 Å². The number of hydrogen-bond acceptors (Lipinski definition) is 3. The number of carbonyl (C=O) groups is 1. The number of carbonyl (C=O) groups excluding carboxylic acids is 1. The van der Waals surface area contributed by atoms with Crippen molar-refractivity contribution in [2.75, 3.05) is 5.32 Å². The molecule has 27 heavy (non-hydrogen) atoms. The molecular formula is C20H19ClN4O2. The Morgan fingerprint density at radius 3 is 2.70 bits per heavy atom. The van der Waals surface area contributed by atoms with Gasteiger partial charge in [0.05, 0.1) is 17.3 Å².